The molecule has 112 valence electrons. The summed E-state index contributed by atoms with van der Waals surface area (Å²) in [5, 5.41) is 0.372. The van der Waals surface area contributed by atoms with E-state index in [-0.39, 0.29) is 16.4 Å². The first kappa shape index (κ1) is 15.4. The Bertz CT molecular complexity index is 752. The number of benzene rings is 1. The predicted octanol–water partition coefficient (Wildman–Crippen LogP) is 1.83. The van der Waals surface area contributed by atoms with Gasteiger partial charge in [-0.05, 0) is 30.3 Å². The zero-order valence-electron chi connectivity index (χ0n) is 11.0. The zero-order valence-corrected chi connectivity index (χ0v) is 12.6. The van der Waals surface area contributed by atoms with Gasteiger partial charge in [-0.2, -0.15) is 0 Å². The Morgan fingerprint density at radius 2 is 2.10 bits per heavy atom. The highest BCUT2D eigenvalue weighted by molar-refractivity contribution is 7.92. The van der Waals surface area contributed by atoms with Crippen molar-refractivity contribution in [2.45, 2.75) is 4.90 Å². The highest BCUT2D eigenvalue weighted by Gasteiger charge is 2.20. The summed E-state index contributed by atoms with van der Waals surface area (Å²) in [6.07, 6.45) is 1.42. The molecule has 9 heteroatoms. The molecule has 21 heavy (non-hydrogen) atoms. The van der Waals surface area contributed by atoms with Crippen molar-refractivity contribution in [3.63, 3.8) is 0 Å². The minimum Gasteiger partial charge on any atom is -0.495 e. The molecular weight excluding hydrogens is 316 g/mol. The summed E-state index contributed by atoms with van der Waals surface area (Å²) in [5.74, 6) is 5.65. The largest absolute Gasteiger partial charge is 0.495 e. The fraction of sp³-hybridized carbons (Fsp3) is 0.0833. The molecule has 4 N–H and O–H groups in total. The number of anilines is 2. The molecule has 1 aromatic heterocycles. The number of halogens is 1. The Morgan fingerprint density at radius 1 is 1.33 bits per heavy atom. The van der Waals surface area contributed by atoms with Crippen molar-refractivity contribution in [3.8, 4) is 5.75 Å². The van der Waals surface area contributed by atoms with Gasteiger partial charge in [-0.3, -0.25) is 4.72 Å². The van der Waals surface area contributed by atoms with E-state index in [4.69, 9.17) is 22.2 Å². The van der Waals surface area contributed by atoms with Crippen LogP contribution in [0.1, 0.15) is 0 Å². The van der Waals surface area contributed by atoms with Crippen molar-refractivity contribution in [3.05, 3.63) is 41.6 Å². The molecule has 0 amide bonds. The Labute approximate surface area is 127 Å². The summed E-state index contributed by atoms with van der Waals surface area (Å²) in [6.45, 7) is 0. The van der Waals surface area contributed by atoms with Gasteiger partial charge < -0.3 is 10.2 Å². The highest BCUT2D eigenvalue weighted by Crippen LogP contribution is 2.30. The monoisotopic (exact) mass is 328 g/mol. The SMILES string of the molecule is COc1ccc(Cl)cc1NS(=O)(=O)c1cccnc1NN. The molecule has 2 rings (SSSR count). The lowest BCUT2D eigenvalue weighted by Crippen LogP contribution is -2.18. The van der Waals surface area contributed by atoms with Gasteiger partial charge in [-0.1, -0.05) is 11.6 Å². The second-order valence-electron chi connectivity index (χ2n) is 3.94. The van der Waals surface area contributed by atoms with Crippen LogP contribution in [0.3, 0.4) is 0 Å². The van der Waals surface area contributed by atoms with E-state index < -0.39 is 10.0 Å². The minimum absolute atomic E-state index is 0.0333. The molecule has 0 saturated carbocycles. The van der Waals surface area contributed by atoms with Crippen LogP contribution in [-0.2, 0) is 10.0 Å². The first-order chi connectivity index (χ1) is 9.97. The third kappa shape index (κ3) is 3.35. The van der Waals surface area contributed by atoms with Crippen LogP contribution in [-0.4, -0.2) is 20.5 Å². The third-order valence-corrected chi connectivity index (χ3v) is 4.23. The number of nitrogen functional groups attached to an aromatic ring is 1. The number of ether oxygens (including phenoxy) is 1. The van der Waals surface area contributed by atoms with Crippen LogP contribution in [0.5, 0.6) is 5.75 Å². The summed E-state index contributed by atoms with van der Waals surface area (Å²) < 4.78 is 32.3. The van der Waals surface area contributed by atoms with Crippen molar-refractivity contribution < 1.29 is 13.2 Å². The summed E-state index contributed by atoms with van der Waals surface area (Å²) in [6, 6.07) is 7.47. The lowest BCUT2D eigenvalue weighted by atomic mass is 10.3. The smallest absolute Gasteiger partial charge is 0.265 e. The topological polar surface area (TPSA) is 106 Å². The normalized spacial score (nSPS) is 11.0. The van der Waals surface area contributed by atoms with Gasteiger partial charge in [0, 0.05) is 11.2 Å². The maximum absolute atomic E-state index is 12.4. The van der Waals surface area contributed by atoms with Gasteiger partial charge >= 0.3 is 0 Å². The second kappa shape index (κ2) is 6.17. The van der Waals surface area contributed by atoms with E-state index in [1.165, 1.54) is 31.5 Å². The van der Waals surface area contributed by atoms with Crippen LogP contribution in [0.15, 0.2) is 41.4 Å². The van der Waals surface area contributed by atoms with Crippen LogP contribution in [0.25, 0.3) is 0 Å². The molecule has 0 saturated heterocycles. The average molecular weight is 329 g/mol. The number of hydrogen-bond donors (Lipinski definition) is 3. The second-order valence-corrected chi connectivity index (χ2v) is 6.03. The van der Waals surface area contributed by atoms with Gasteiger partial charge in [0.15, 0.2) is 5.82 Å². The van der Waals surface area contributed by atoms with Crippen LogP contribution in [0.4, 0.5) is 11.5 Å². The number of methoxy groups -OCH3 is 1. The van der Waals surface area contributed by atoms with Gasteiger partial charge in [0.25, 0.3) is 10.0 Å². The third-order valence-electron chi connectivity index (χ3n) is 2.60. The Morgan fingerprint density at radius 3 is 2.76 bits per heavy atom. The van der Waals surface area contributed by atoms with E-state index >= 15 is 0 Å². The number of hydrogen-bond acceptors (Lipinski definition) is 6. The zero-order chi connectivity index (χ0) is 15.5. The molecule has 0 bridgehead atoms. The molecule has 2 aromatic rings. The molecule has 0 radical (unpaired) electrons. The van der Waals surface area contributed by atoms with Crippen molar-refractivity contribution in [2.24, 2.45) is 5.84 Å². The summed E-state index contributed by atoms with van der Waals surface area (Å²) in [4.78, 5) is 3.76. The number of hydrazine groups is 1. The number of sulfonamides is 1. The molecule has 7 nitrogen and oxygen atoms in total. The van der Waals surface area contributed by atoms with Crippen molar-refractivity contribution >= 4 is 33.1 Å². The van der Waals surface area contributed by atoms with Crippen LogP contribution < -0.4 is 20.7 Å². The Hall–Kier alpha value is -2.03. The fourth-order valence-corrected chi connectivity index (χ4v) is 3.03. The molecule has 0 spiro atoms. The summed E-state index contributed by atoms with van der Waals surface area (Å²) in [5.41, 5.74) is 2.46. The maximum Gasteiger partial charge on any atom is 0.265 e. The first-order valence-corrected chi connectivity index (χ1v) is 7.62. The number of nitrogens with one attached hydrogen (secondary N) is 2. The Balaban J connectivity index is 2.45. The molecule has 0 fully saturated rings. The molecule has 0 atom stereocenters. The molecular formula is C12H13ClN4O3S. The first-order valence-electron chi connectivity index (χ1n) is 5.76. The van der Waals surface area contributed by atoms with Crippen molar-refractivity contribution in [2.75, 3.05) is 17.3 Å². The van der Waals surface area contributed by atoms with E-state index in [1.807, 2.05) is 0 Å². The van der Waals surface area contributed by atoms with E-state index in [2.05, 4.69) is 15.1 Å². The molecule has 0 aliphatic carbocycles. The average Bonchev–Trinajstić information content (AvgIpc) is 2.47. The number of nitrogens with zero attached hydrogens (tertiary/aromatic N) is 1. The number of aromatic nitrogens is 1. The van der Waals surface area contributed by atoms with E-state index in [1.54, 1.807) is 12.1 Å². The number of pyridine rings is 1. The number of nitrogens with two attached hydrogens (primary N) is 1. The summed E-state index contributed by atoms with van der Waals surface area (Å²) in [7, 11) is -2.47. The van der Waals surface area contributed by atoms with Gasteiger partial charge in [0.1, 0.15) is 10.6 Å². The molecule has 1 heterocycles. The van der Waals surface area contributed by atoms with E-state index in [0.29, 0.717) is 10.8 Å². The van der Waals surface area contributed by atoms with Gasteiger partial charge in [-0.15, -0.1) is 0 Å². The van der Waals surface area contributed by atoms with Gasteiger partial charge in [0.05, 0.1) is 12.8 Å². The molecule has 0 unspecified atom stereocenters. The lowest BCUT2D eigenvalue weighted by Gasteiger charge is -2.13. The maximum atomic E-state index is 12.4. The highest BCUT2D eigenvalue weighted by atomic mass is 35.5. The Kier molecular flexibility index (Phi) is 4.51. The van der Waals surface area contributed by atoms with Crippen molar-refractivity contribution in [1.29, 1.82) is 0 Å². The molecule has 0 aliphatic heterocycles. The predicted molar refractivity (Wildman–Crippen MR) is 80.9 cm³/mol. The van der Waals surface area contributed by atoms with Crippen LogP contribution in [0, 0.1) is 0 Å². The van der Waals surface area contributed by atoms with Crippen molar-refractivity contribution in [1.82, 2.24) is 4.98 Å². The van der Waals surface area contributed by atoms with E-state index in [0.717, 1.165) is 0 Å². The quantitative estimate of drug-likeness (QED) is 0.571. The lowest BCUT2D eigenvalue weighted by molar-refractivity contribution is 0.417. The standard InChI is InChI=1S/C12H13ClN4O3S/c1-20-10-5-4-8(13)7-9(10)17-21(18,19)11-3-2-6-15-12(11)16-14/h2-7,17H,14H2,1H3,(H,15,16). The van der Waals surface area contributed by atoms with Crippen LogP contribution in [0.2, 0.25) is 5.02 Å². The van der Waals surface area contributed by atoms with Crippen LogP contribution >= 0.6 is 11.6 Å². The number of rotatable bonds is 5. The minimum atomic E-state index is -3.90. The fourth-order valence-electron chi connectivity index (χ4n) is 1.68. The summed E-state index contributed by atoms with van der Waals surface area (Å²) >= 11 is 5.87. The van der Waals surface area contributed by atoms with E-state index in [9.17, 15) is 8.42 Å². The van der Waals surface area contributed by atoms with Gasteiger partial charge in [-0.25, -0.2) is 19.2 Å². The molecule has 0 aliphatic rings. The van der Waals surface area contributed by atoms with Gasteiger partial charge in [0.2, 0.25) is 0 Å². The molecule has 1 aromatic carbocycles.